The highest BCUT2D eigenvalue weighted by Crippen LogP contribution is 2.39. The smallest absolute Gasteiger partial charge is 0.307 e. The summed E-state index contributed by atoms with van der Waals surface area (Å²) in [5.74, 6) is -1.35. The highest BCUT2D eigenvalue weighted by atomic mass is 16.4. The minimum atomic E-state index is -1.57. The predicted molar refractivity (Wildman–Crippen MR) is 60.8 cm³/mol. The number of hydrogen-bond acceptors (Lipinski definition) is 3. The largest absolute Gasteiger partial charge is 0.481 e. The van der Waals surface area contributed by atoms with Gasteiger partial charge in [0.15, 0.2) is 5.60 Å². The maximum atomic E-state index is 11.8. The molecular formula is C12H13NO4. The van der Waals surface area contributed by atoms with E-state index in [-0.39, 0.29) is 6.42 Å². The summed E-state index contributed by atoms with van der Waals surface area (Å²) in [5, 5.41) is 18.8. The molecule has 1 aliphatic heterocycles. The fourth-order valence-corrected chi connectivity index (χ4v) is 2.10. The number of fused-ring (bicyclic) bond motifs is 1. The van der Waals surface area contributed by atoms with Gasteiger partial charge in [0.2, 0.25) is 0 Å². The first-order chi connectivity index (χ1) is 7.84. The Morgan fingerprint density at radius 2 is 2.12 bits per heavy atom. The molecule has 0 aliphatic carbocycles. The van der Waals surface area contributed by atoms with E-state index in [0.29, 0.717) is 16.8 Å². The SMILES string of the molecule is CN1C(=O)C(C)(O)c2cc(CC(=O)O)ccc21. The molecule has 1 unspecified atom stereocenters. The summed E-state index contributed by atoms with van der Waals surface area (Å²) in [4.78, 5) is 23.8. The summed E-state index contributed by atoms with van der Waals surface area (Å²) in [7, 11) is 1.58. The van der Waals surface area contributed by atoms with Crippen LogP contribution < -0.4 is 4.90 Å². The quantitative estimate of drug-likeness (QED) is 0.782. The van der Waals surface area contributed by atoms with E-state index in [9.17, 15) is 14.7 Å². The maximum absolute atomic E-state index is 11.8. The van der Waals surface area contributed by atoms with Crippen LogP contribution in [-0.2, 0) is 21.6 Å². The van der Waals surface area contributed by atoms with Crippen molar-refractivity contribution in [1.29, 1.82) is 0 Å². The van der Waals surface area contributed by atoms with Gasteiger partial charge in [-0.25, -0.2) is 0 Å². The van der Waals surface area contributed by atoms with Crippen molar-refractivity contribution in [2.45, 2.75) is 18.9 Å². The number of nitrogens with zero attached hydrogens (tertiary/aromatic N) is 1. The highest BCUT2D eigenvalue weighted by molar-refractivity contribution is 6.06. The monoisotopic (exact) mass is 235 g/mol. The molecule has 0 saturated heterocycles. The number of carbonyl (C=O) groups is 2. The van der Waals surface area contributed by atoms with E-state index in [1.807, 2.05) is 0 Å². The Balaban J connectivity index is 2.50. The van der Waals surface area contributed by atoms with Crippen molar-refractivity contribution < 1.29 is 19.8 Å². The lowest BCUT2D eigenvalue weighted by molar-refractivity contribution is -0.136. The molecule has 5 nitrogen and oxygen atoms in total. The predicted octanol–water partition coefficient (Wildman–Crippen LogP) is 0.498. The van der Waals surface area contributed by atoms with Crippen LogP contribution in [-0.4, -0.2) is 29.1 Å². The minimum absolute atomic E-state index is 0.124. The van der Waals surface area contributed by atoms with Crippen LogP contribution in [0.1, 0.15) is 18.1 Å². The average molecular weight is 235 g/mol. The number of carbonyl (C=O) groups excluding carboxylic acids is 1. The summed E-state index contributed by atoms with van der Waals surface area (Å²) in [5.41, 5.74) is 0.0796. The first kappa shape index (κ1) is 11.6. The molecule has 0 spiro atoms. The van der Waals surface area contributed by atoms with E-state index in [1.165, 1.54) is 11.8 Å². The standard InChI is InChI=1S/C12H13NO4/c1-12(17)8-5-7(6-10(14)15)3-4-9(8)13(2)11(12)16/h3-5,17H,6H2,1-2H3,(H,14,15). The summed E-state index contributed by atoms with van der Waals surface area (Å²) < 4.78 is 0. The van der Waals surface area contributed by atoms with Gasteiger partial charge in [-0.3, -0.25) is 9.59 Å². The van der Waals surface area contributed by atoms with Crippen molar-refractivity contribution >= 4 is 17.6 Å². The van der Waals surface area contributed by atoms with E-state index in [0.717, 1.165) is 0 Å². The number of anilines is 1. The molecule has 1 amide bonds. The third-order valence-electron chi connectivity index (χ3n) is 3.02. The van der Waals surface area contributed by atoms with Crippen LogP contribution in [0.25, 0.3) is 0 Å². The first-order valence-electron chi connectivity index (χ1n) is 5.20. The normalized spacial score (nSPS) is 22.8. The fourth-order valence-electron chi connectivity index (χ4n) is 2.10. The third-order valence-corrected chi connectivity index (χ3v) is 3.02. The third kappa shape index (κ3) is 1.68. The Labute approximate surface area is 98.3 Å². The molecule has 1 atom stereocenters. The number of benzene rings is 1. The van der Waals surface area contributed by atoms with Crippen molar-refractivity contribution in [3.8, 4) is 0 Å². The molecule has 2 rings (SSSR count). The van der Waals surface area contributed by atoms with Crippen LogP contribution in [0.2, 0.25) is 0 Å². The Hall–Kier alpha value is -1.88. The molecule has 0 radical (unpaired) electrons. The number of amides is 1. The summed E-state index contributed by atoms with van der Waals surface area (Å²) >= 11 is 0. The zero-order chi connectivity index (χ0) is 12.8. The van der Waals surface area contributed by atoms with Gasteiger partial charge in [-0.05, 0) is 24.6 Å². The van der Waals surface area contributed by atoms with Crippen LogP contribution >= 0.6 is 0 Å². The van der Waals surface area contributed by atoms with Gasteiger partial charge in [-0.15, -0.1) is 0 Å². The van der Waals surface area contributed by atoms with Gasteiger partial charge < -0.3 is 15.1 Å². The van der Waals surface area contributed by atoms with Gasteiger partial charge in [0.25, 0.3) is 5.91 Å². The minimum Gasteiger partial charge on any atom is -0.481 e. The lowest BCUT2D eigenvalue weighted by atomic mass is 9.95. The Morgan fingerprint density at radius 1 is 1.47 bits per heavy atom. The Morgan fingerprint density at radius 3 is 2.71 bits per heavy atom. The van der Waals surface area contributed by atoms with E-state index in [2.05, 4.69) is 0 Å². The van der Waals surface area contributed by atoms with Gasteiger partial charge in [-0.1, -0.05) is 6.07 Å². The molecule has 90 valence electrons. The topological polar surface area (TPSA) is 77.8 Å². The van der Waals surface area contributed by atoms with Crippen molar-refractivity contribution in [1.82, 2.24) is 0 Å². The van der Waals surface area contributed by atoms with E-state index in [1.54, 1.807) is 25.2 Å². The van der Waals surface area contributed by atoms with Gasteiger partial charge in [0.1, 0.15) is 0 Å². The van der Waals surface area contributed by atoms with Crippen LogP contribution in [0.5, 0.6) is 0 Å². The maximum Gasteiger partial charge on any atom is 0.307 e. The van der Waals surface area contributed by atoms with E-state index >= 15 is 0 Å². The summed E-state index contributed by atoms with van der Waals surface area (Å²) in [6.07, 6.45) is -0.124. The van der Waals surface area contributed by atoms with E-state index < -0.39 is 17.5 Å². The Bertz CT molecular complexity index is 507. The van der Waals surface area contributed by atoms with Crippen LogP contribution in [0.3, 0.4) is 0 Å². The molecule has 1 aromatic rings. The second kappa shape index (κ2) is 3.56. The molecule has 1 heterocycles. The number of aliphatic hydroxyl groups is 1. The summed E-state index contributed by atoms with van der Waals surface area (Å²) in [6, 6.07) is 4.88. The molecular weight excluding hydrogens is 222 g/mol. The van der Waals surface area contributed by atoms with Crippen molar-refractivity contribution in [2.24, 2.45) is 0 Å². The van der Waals surface area contributed by atoms with Crippen LogP contribution in [0.15, 0.2) is 18.2 Å². The lowest BCUT2D eigenvalue weighted by Crippen LogP contribution is -2.35. The Kier molecular flexibility index (Phi) is 2.43. The number of aliphatic carboxylic acids is 1. The zero-order valence-electron chi connectivity index (χ0n) is 9.60. The number of carboxylic acid groups (broad SMARTS) is 1. The number of rotatable bonds is 2. The molecule has 0 bridgehead atoms. The zero-order valence-corrected chi connectivity index (χ0v) is 9.60. The first-order valence-corrected chi connectivity index (χ1v) is 5.20. The molecule has 1 aromatic carbocycles. The van der Waals surface area contributed by atoms with Gasteiger partial charge in [-0.2, -0.15) is 0 Å². The van der Waals surface area contributed by atoms with Crippen molar-refractivity contribution in [2.75, 3.05) is 11.9 Å². The van der Waals surface area contributed by atoms with Crippen molar-refractivity contribution in [3.63, 3.8) is 0 Å². The second-order valence-corrected chi connectivity index (χ2v) is 4.36. The fraction of sp³-hybridized carbons (Fsp3) is 0.333. The van der Waals surface area contributed by atoms with Gasteiger partial charge in [0, 0.05) is 12.6 Å². The second-order valence-electron chi connectivity index (χ2n) is 4.36. The number of carboxylic acids is 1. The number of hydrogen-bond donors (Lipinski definition) is 2. The van der Waals surface area contributed by atoms with Gasteiger partial charge >= 0.3 is 5.97 Å². The number of likely N-dealkylation sites (N-methyl/N-ethyl adjacent to an activating group) is 1. The van der Waals surface area contributed by atoms with E-state index in [4.69, 9.17) is 5.11 Å². The van der Waals surface area contributed by atoms with Gasteiger partial charge in [0.05, 0.1) is 12.1 Å². The molecule has 0 aromatic heterocycles. The summed E-state index contributed by atoms with van der Waals surface area (Å²) in [6.45, 7) is 1.42. The lowest BCUT2D eigenvalue weighted by Gasteiger charge is -2.15. The molecule has 17 heavy (non-hydrogen) atoms. The molecule has 5 heteroatoms. The average Bonchev–Trinajstić information content (AvgIpc) is 2.40. The molecule has 0 saturated carbocycles. The van der Waals surface area contributed by atoms with Crippen LogP contribution in [0, 0.1) is 0 Å². The molecule has 1 aliphatic rings. The molecule has 0 fully saturated rings. The van der Waals surface area contributed by atoms with Crippen molar-refractivity contribution in [3.05, 3.63) is 29.3 Å². The van der Waals surface area contributed by atoms with Crippen LogP contribution in [0.4, 0.5) is 5.69 Å². The highest BCUT2D eigenvalue weighted by Gasteiger charge is 2.44. The molecule has 2 N–H and O–H groups in total.